The summed E-state index contributed by atoms with van der Waals surface area (Å²) in [7, 11) is -2.03. The van der Waals surface area contributed by atoms with E-state index in [0.29, 0.717) is 16.4 Å². The van der Waals surface area contributed by atoms with Crippen molar-refractivity contribution in [3.05, 3.63) is 65.1 Å². The molecule has 1 amide bonds. The quantitative estimate of drug-likeness (QED) is 0.727. The molecule has 26 heavy (non-hydrogen) atoms. The first-order valence-corrected chi connectivity index (χ1v) is 10.4. The number of amides is 1. The molecule has 0 radical (unpaired) electrons. The smallest absolute Gasteiger partial charge is 0.284 e. The van der Waals surface area contributed by atoms with Crippen molar-refractivity contribution in [2.24, 2.45) is 0 Å². The lowest BCUT2D eigenvalue weighted by molar-refractivity contribution is 0.102. The SMILES string of the molecule is CN(c1ccc(-c2ccccc2)cc1NC(=O)c1nccs1)S(C)(=O)=O. The Balaban J connectivity index is 2.05. The summed E-state index contributed by atoms with van der Waals surface area (Å²) >= 11 is 1.22. The molecule has 0 spiro atoms. The fraction of sp³-hybridized carbons (Fsp3) is 0.111. The molecule has 134 valence electrons. The van der Waals surface area contributed by atoms with Crippen LogP contribution in [0.2, 0.25) is 0 Å². The maximum atomic E-state index is 12.4. The van der Waals surface area contributed by atoms with Gasteiger partial charge in [0, 0.05) is 18.6 Å². The van der Waals surface area contributed by atoms with Crippen LogP contribution in [0.25, 0.3) is 11.1 Å². The van der Waals surface area contributed by atoms with E-state index in [1.54, 1.807) is 23.7 Å². The molecule has 0 fully saturated rings. The second-order valence-corrected chi connectivity index (χ2v) is 8.53. The predicted molar refractivity (Wildman–Crippen MR) is 105 cm³/mol. The van der Waals surface area contributed by atoms with Crippen LogP contribution in [-0.2, 0) is 10.0 Å². The van der Waals surface area contributed by atoms with Crippen molar-refractivity contribution in [2.45, 2.75) is 0 Å². The predicted octanol–water partition coefficient (Wildman–Crippen LogP) is 3.46. The molecule has 0 unspecified atom stereocenters. The summed E-state index contributed by atoms with van der Waals surface area (Å²) < 4.78 is 25.1. The number of aromatic nitrogens is 1. The summed E-state index contributed by atoms with van der Waals surface area (Å²) in [4.78, 5) is 16.4. The summed E-state index contributed by atoms with van der Waals surface area (Å²) in [5, 5.41) is 4.79. The Morgan fingerprint density at radius 2 is 1.85 bits per heavy atom. The lowest BCUT2D eigenvalue weighted by atomic mass is 10.0. The molecule has 0 aliphatic heterocycles. The third-order valence-electron chi connectivity index (χ3n) is 3.82. The van der Waals surface area contributed by atoms with E-state index in [-0.39, 0.29) is 5.91 Å². The minimum atomic E-state index is -3.48. The molecule has 3 rings (SSSR count). The van der Waals surface area contributed by atoms with E-state index in [1.807, 2.05) is 36.4 Å². The molecular weight excluding hydrogens is 370 g/mol. The van der Waals surface area contributed by atoms with Gasteiger partial charge < -0.3 is 5.32 Å². The van der Waals surface area contributed by atoms with Crippen molar-refractivity contribution in [2.75, 3.05) is 22.9 Å². The van der Waals surface area contributed by atoms with Gasteiger partial charge in [-0.25, -0.2) is 13.4 Å². The number of hydrogen-bond donors (Lipinski definition) is 1. The van der Waals surface area contributed by atoms with Gasteiger partial charge in [-0.15, -0.1) is 11.3 Å². The number of sulfonamides is 1. The maximum Gasteiger partial charge on any atom is 0.284 e. The van der Waals surface area contributed by atoms with Crippen molar-refractivity contribution < 1.29 is 13.2 Å². The number of thiazole rings is 1. The van der Waals surface area contributed by atoms with E-state index in [4.69, 9.17) is 0 Å². The minimum absolute atomic E-state index is 0.308. The number of carbonyl (C=O) groups is 1. The highest BCUT2D eigenvalue weighted by Crippen LogP contribution is 2.32. The van der Waals surface area contributed by atoms with Crippen LogP contribution in [0.3, 0.4) is 0 Å². The lowest BCUT2D eigenvalue weighted by Crippen LogP contribution is -2.26. The van der Waals surface area contributed by atoms with Crippen LogP contribution in [-0.4, -0.2) is 32.6 Å². The summed E-state index contributed by atoms with van der Waals surface area (Å²) in [6.45, 7) is 0. The van der Waals surface area contributed by atoms with Gasteiger partial charge in [0.2, 0.25) is 10.0 Å². The molecule has 3 aromatic rings. The van der Waals surface area contributed by atoms with Crippen LogP contribution in [0, 0.1) is 0 Å². The van der Waals surface area contributed by atoms with Crippen LogP contribution < -0.4 is 9.62 Å². The molecule has 0 aliphatic carbocycles. The van der Waals surface area contributed by atoms with Gasteiger partial charge in [-0.05, 0) is 23.3 Å². The summed E-state index contributed by atoms with van der Waals surface area (Å²) in [5.74, 6) is -0.381. The Bertz CT molecular complexity index is 1020. The van der Waals surface area contributed by atoms with Gasteiger partial charge in [0.15, 0.2) is 5.01 Å². The second kappa shape index (κ2) is 7.27. The van der Waals surface area contributed by atoms with E-state index in [9.17, 15) is 13.2 Å². The Kier molecular flexibility index (Phi) is 5.06. The molecule has 8 heteroatoms. The number of nitrogens with one attached hydrogen (secondary N) is 1. The van der Waals surface area contributed by atoms with Gasteiger partial charge in [-0.2, -0.15) is 0 Å². The molecule has 0 saturated heterocycles. The molecule has 0 saturated carbocycles. The average molecular weight is 387 g/mol. The number of hydrogen-bond acceptors (Lipinski definition) is 5. The highest BCUT2D eigenvalue weighted by molar-refractivity contribution is 7.92. The zero-order chi connectivity index (χ0) is 18.7. The van der Waals surface area contributed by atoms with Crippen LogP contribution in [0.15, 0.2) is 60.1 Å². The van der Waals surface area contributed by atoms with E-state index >= 15 is 0 Å². The molecular formula is C18H17N3O3S2. The summed E-state index contributed by atoms with van der Waals surface area (Å²) in [6, 6.07) is 14.9. The monoisotopic (exact) mass is 387 g/mol. The van der Waals surface area contributed by atoms with Gasteiger partial charge in [0.1, 0.15) is 0 Å². The van der Waals surface area contributed by atoms with Gasteiger partial charge in [0.25, 0.3) is 5.91 Å². The van der Waals surface area contributed by atoms with Gasteiger partial charge >= 0.3 is 0 Å². The third kappa shape index (κ3) is 3.92. The van der Waals surface area contributed by atoms with Crippen LogP contribution in [0.5, 0.6) is 0 Å². The van der Waals surface area contributed by atoms with Gasteiger partial charge in [-0.3, -0.25) is 9.10 Å². The van der Waals surface area contributed by atoms with Crippen LogP contribution in [0.1, 0.15) is 9.80 Å². The molecule has 0 bridgehead atoms. The fourth-order valence-electron chi connectivity index (χ4n) is 2.41. The number of anilines is 2. The summed E-state index contributed by atoms with van der Waals surface area (Å²) in [6.07, 6.45) is 2.66. The van der Waals surface area contributed by atoms with Crippen LogP contribution in [0.4, 0.5) is 11.4 Å². The van der Waals surface area contributed by atoms with E-state index in [2.05, 4.69) is 10.3 Å². The number of carbonyl (C=O) groups excluding carboxylic acids is 1. The van der Waals surface area contributed by atoms with Crippen molar-refractivity contribution in [1.82, 2.24) is 4.98 Å². The zero-order valence-corrected chi connectivity index (χ0v) is 15.8. The fourth-order valence-corrected chi connectivity index (χ4v) is 3.46. The van der Waals surface area contributed by atoms with Crippen molar-refractivity contribution in [3.8, 4) is 11.1 Å². The molecule has 1 N–H and O–H groups in total. The van der Waals surface area contributed by atoms with E-state index in [1.165, 1.54) is 18.4 Å². The standard InChI is InChI=1S/C18H17N3O3S2/c1-21(26(2,23)24)16-9-8-14(13-6-4-3-5-7-13)12-15(16)20-17(22)18-19-10-11-25-18/h3-12H,1-2H3,(H,20,22). The van der Waals surface area contributed by atoms with Crippen molar-refractivity contribution in [1.29, 1.82) is 0 Å². The number of benzene rings is 2. The second-order valence-electron chi connectivity index (χ2n) is 5.62. The molecule has 2 aromatic carbocycles. The van der Waals surface area contributed by atoms with Gasteiger partial charge in [-0.1, -0.05) is 36.4 Å². The highest BCUT2D eigenvalue weighted by Gasteiger charge is 2.19. The first-order valence-electron chi connectivity index (χ1n) is 7.70. The molecule has 6 nitrogen and oxygen atoms in total. The normalized spacial score (nSPS) is 11.2. The van der Waals surface area contributed by atoms with Gasteiger partial charge in [0.05, 0.1) is 17.6 Å². The maximum absolute atomic E-state index is 12.4. The number of nitrogens with zero attached hydrogens (tertiary/aromatic N) is 2. The van der Waals surface area contributed by atoms with Crippen molar-refractivity contribution >= 4 is 38.6 Å². The topological polar surface area (TPSA) is 79.4 Å². The Morgan fingerprint density at radius 3 is 2.46 bits per heavy atom. The molecule has 1 aromatic heterocycles. The molecule has 0 atom stereocenters. The summed E-state index contributed by atoms with van der Waals surface area (Å²) in [5.41, 5.74) is 2.62. The van der Waals surface area contributed by atoms with E-state index in [0.717, 1.165) is 21.7 Å². The number of rotatable bonds is 5. The first-order chi connectivity index (χ1) is 12.4. The Hall–Kier alpha value is -2.71. The highest BCUT2D eigenvalue weighted by atomic mass is 32.2. The van der Waals surface area contributed by atoms with E-state index < -0.39 is 10.0 Å². The van der Waals surface area contributed by atoms with Crippen LogP contribution >= 0.6 is 11.3 Å². The lowest BCUT2D eigenvalue weighted by Gasteiger charge is -2.21. The third-order valence-corrected chi connectivity index (χ3v) is 5.78. The minimum Gasteiger partial charge on any atom is -0.318 e. The molecule has 1 heterocycles. The molecule has 0 aliphatic rings. The first kappa shape index (κ1) is 18.1. The zero-order valence-electron chi connectivity index (χ0n) is 14.2. The average Bonchev–Trinajstić information content (AvgIpc) is 3.16. The largest absolute Gasteiger partial charge is 0.318 e. The van der Waals surface area contributed by atoms with Crippen molar-refractivity contribution in [3.63, 3.8) is 0 Å². The Labute approximate surface area is 156 Å². The Morgan fingerprint density at radius 1 is 1.12 bits per heavy atom.